The number of hydrogen-bond acceptors (Lipinski definition) is 4. The van der Waals surface area contributed by atoms with Gasteiger partial charge in [0, 0.05) is 35.6 Å². The molecule has 27 heavy (non-hydrogen) atoms. The molecule has 2 aromatic carbocycles. The third kappa shape index (κ3) is 3.68. The van der Waals surface area contributed by atoms with E-state index in [1.807, 2.05) is 22.4 Å². The van der Waals surface area contributed by atoms with E-state index in [-0.39, 0.29) is 12.1 Å². The minimum atomic E-state index is -0.523. The van der Waals surface area contributed by atoms with E-state index < -0.39 is 11.6 Å². The van der Waals surface area contributed by atoms with Gasteiger partial charge < -0.3 is 9.47 Å². The first-order valence-corrected chi connectivity index (χ1v) is 9.56. The first kappa shape index (κ1) is 17.9. The molecule has 0 aliphatic carbocycles. The smallest absolute Gasteiger partial charge is 0.165 e. The fourth-order valence-electron chi connectivity index (χ4n) is 3.32. The molecule has 3 aromatic rings. The topological polar surface area (TPSA) is 21.7 Å². The number of ether oxygens (including phenoxy) is 2. The van der Waals surface area contributed by atoms with Gasteiger partial charge in [-0.05, 0) is 41.3 Å². The molecule has 1 aliphatic rings. The van der Waals surface area contributed by atoms with Crippen LogP contribution < -0.4 is 9.47 Å². The molecule has 1 aliphatic heterocycles. The van der Waals surface area contributed by atoms with E-state index in [1.54, 1.807) is 18.4 Å². The van der Waals surface area contributed by atoms with Crippen LogP contribution in [0, 0.1) is 11.6 Å². The number of thiophene rings is 1. The van der Waals surface area contributed by atoms with Gasteiger partial charge in [-0.3, -0.25) is 4.90 Å². The highest BCUT2D eigenvalue weighted by atomic mass is 32.1. The fraction of sp³-hybridized carbons (Fsp3) is 0.238. The first-order chi connectivity index (χ1) is 13.2. The number of hydrogen-bond donors (Lipinski definition) is 0. The monoisotopic (exact) mass is 387 g/mol. The van der Waals surface area contributed by atoms with Crippen LogP contribution in [0.15, 0.2) is 47.8 Å². The van der Waals surface area contributed by atoms with Crippen LogP contribution in [0.2, 0.25) is 0 Å². The van der Waals surface area contributed by atoms with Crippen molar-refractivity contribution in [3.8, 4) is 21.9 Å². The minimum absolute atomic E-state index is 0.0855. The third-order valence-electron chi connectivity index (χ3n) is 4.65. The number of fused-ring (bicyclic) bond motifs is 1. The molecule has 0 fully saturated rings. The molecule has 0 saturated heterocycles. The zero-order chi connectivity index (χ0) is 18.8. The van der Waals surface area contributed by atoms with Gasteiger partial charge in [0.15, 0.2) is 11.5 Å². The molecule has 0 spiro atoms. The van der Waals surface area contributed by atoms with Gasteiger partial charge in [0.1, 0.15) is 18.2 Å². The van der Waals surface area contributed by atoms with E-state index in [9.17, 15) is 8.78 Å². The summed E-state index contributed by atoms with van der Waals surface area (Å²) in [7, 11) is 1.62. The third-order valence-corrected chi connectivity index (χ3v) is 5.57. The Balaban J connectivity index is 1.67. The van der Waals surface area contributed by atoms with Crippen molar-refractivity contribution in [2.45, 2.75) is 13.1 Å². The van der Waals surface area contributed by atoms with Crippen LogP contribution in [-0.2, 0) is 13.1 Å². The average Bonchev–Trinajstić information content (AvgIpc) is 3.12. The maximum absolute atomic E-state index is 14.1. The largest absolute Gasteiger partial charge is 0.493 e. The summed E-state index contributed by atoms with van der Waals surface area (Å²) in [5.41, 5.74) is 2.08. The van der Waals surface area contributed by atoms with Gasteiger partial charge in [-0.25, -0.2) is 8.78 Å². The normalized spacial score (nSPS) is 14.3. The molecule has 0 radical (unpaired) electrons. The van der Waals surface area contributed by atoms with E-state index in [0.29, 0.717) is 31.2 Å². The van der Waals surface area contributed by atoms with E-state index in [0.717, 1.165) is 16.0 Å². The number of nitrogens with zero attached hydrogens (tertiary/aromatic N) is 1. The minimum Gasteiger partial charge on any atom is -0.493 e. The van der Waals surface area contributed by atoms with Gasteiger partial charge in [0.25, 0.3) is 0 Å². The van der Waals surface area contributed by atoms with E-state index in [1.165, 1.54) is 18.2 Å². The van der Waals surface area contributed by atoms with Crippen molar-refractivity contribution >= 4 is 11.3 Å². The van der Waals surface area contributed by atoms with Crippen LogP contribution in [0.1, 0.15) is 11.1 Å². The van der Waals surface area contributed by atoms with Crippen LogP contribution in [0.5, 0.6) is 11.5 Å². The highest BCUT2D eigenvalue weighted by molar-refractivity contribution is 7.13. The Kier molecular flexibility index (Phi) is 5.09. The Labute approximate surface area is 160 Å². The first-order valence-electron chi connectivity index (χ1n) is 8.68. The van der Waals surface area contributed by atoms with Gasteiger partial charge in [0.2, 0.25) is 0 Å². The predicted molar refractivity (Wildman–Crippen MR) is 102 cm³/mol. The summed E-state index contributed by atoms with van der Waals surface area (Å²) >= 11 is 1.65. The molecule has 6 heteroatoms. The zero-order valence-electron chi connectivity index (χ0n) is 14.9. The van der Waals surface area contributed by atoms with Crippen molar-refractivity contribution in [1.29, 1.82) is 0 Å². The highest BCUT2D eigenvalue weighted by Gasteiger charge is 2.22. The Bertz CT molecular complexity index is 923. The van der Waals surface area contributed by atoms with Gasteiger partial charge in [-0.2, -0.15) is 0 Å². The fourth-order valence-corrected chi connectivity index (χ4v) is 4.03. The maximum Gasteiger partial charge on any atom is 0.165 e. The van der Waals surface area contributed by atoms with Crippen molar-refractivity contribution < 1.29 is 18.3 Å². The molecular formula is C21H19F2NO2S. The number of methoxy groups -OCH3 is 1. The van der Waals surface area contributed by atoms with E-state index in [4.69, 9.17) is 9.47 Å². The molecule has 0 atom stereocenters. The molecule has 4 rings (SSSR count). The van der Waals surface area contributed by atoms with Crippen molar-refractivity contribution in [1.82, 2.24) is 4.90 Å². The van der Waals surface area contributed by atoms with Gasteiger partial charge in [-0.15, -0.1) is 11.3 Å². The number of benzene rings is 2. The second kappa shape index (κ2) is 7.66. The summed E-state index contributed by atoms with van der Waals surface area (Å²) in [4.78, 5) is 3.12. The molecule has 0 N–H and O–H groups in total. The summed E-state index contributed by atoms with van der Waals surface area (Å²) in [5, 5.41) is 2.03. The Morgan fingerprint density at radius 1 is 1.15 bits per heavy atom. The lowest BCUT2D eigenvalue weighted by atomic mass is 10.1. The maximum atomic E-state index is 14.1. The zero-order valence-corrected chi connectivity index (χ0v) is 15.7. The molecule has 0 bridgehead atoms. The van der Waals surface area contributed by atoms with Crippen LogP contribution in [0.3, 0.4) is 0 Å². The number of rotatable bonds is 4. The Morgan fingerprint density at radius 2 is 1.96 bits per heavy atom. The second-order valence-corrected chi connectivity index (χ2v) is 7.35. The van der Waals surface area contributed by atoms with Crippen LogP contribution in [0.25, 0.3) is 10.4 Å². The lowest BCUT2D eigenvalue weighted by Crippen LogP contribution is -2.26. The molecule has 0 amide bonds. The van der Waals surface area contributed by atoms with Crippen LogP contribution in [-0.4, -0.2) is 25.2 Å². The lowest BCUT2D eigenvalue weighted by molar-refractivity contribution is 0.212. The summed E-state index contributed by atoms with van der Waals surface area (Å²) < 4.78 is 39.6. The molecule has 0 saturated carbocycles. The second-order valence-electron chi connectivity index (χ2n) is 6.40. The molecule has 140 valence electrons. The van der Waals surface area contributed by atoms with Crippen molar-refractivity contribution in [3.63, 3.8) is 0 Å². The summed E-state index contributed by atoms with van der Waals surface area (Å²) in [6, 6.07) is 12.1. The highest BCUT2D eigenvalue weighted by Crippen LogP contribution is 2.39. The van der Waals surface area contributed by atoms with E-state index >= 15 is 0 Å². The predicted octanol–water partition coefficient (Wildman–Crippen LogP) is 5.10. The lowest BCUT2D eigenvalue weighted by Gasteiger charge is -2.20. The quantitative estimate of drug-likeness (QED) is 0.622. The summed E-state index contributed by atoms with van der Waals surface area (Å²) in [5.74, 6) is 0.333. The molecular weight excluding hydrogens is 368 g/mol. The van der Waals surface area contributed by atoms with Crippen molar-refractivity contribution in [2.24, 2.45) is 0 Å². The molecule has 3 nitrogen and oxygen atoms in total. The van der Waals surface area contributed by atoms with Gasteiger partial charge in [-0.1, -0.05) is 12.1 Å². The van der Waals surface area contributed by atoms with Crippen LogP contribution in [0.4, 0.5) is 8.78 Å². The standard InChI is InChI=1S/C21H19F2NO2S/c1-25-19-11-14(20-6-3-9-27-20)10-15-12-24(7-8-26-21(15)19)13-16-17(22)4-2-5-18(16)23/h2-6,9-11H,7-8,12-13H2,1H3. The van der Waals surface area contributed by atoms with E-state index in [2.05, 4.69) is 12.1 Å². The average molecular weight is 387 g/mol. The molecule has 2 heterocycles. The Morgan fingerprint density at radius 3 is 2.67 bits per heavy atom. The van der Waals surface area contributed by atoms with Gasteiger partial charge in [0.05, 0.1) is 7.11 Å². The Hall–Kier alpha value is -2.44. The molecule has 0 unspecified atom stereocenters. The van der Waals surface area contributed by atoms with Crippen LogP contribution >= 0.6 is 11.3 Å². The summed E-state index contributed by atoms with van der Waals surface area (Å²) in [6.07, 6.45) is 0. The molecule has 1 aromatic heterocycles. The van der Waals surface area contributed by atoms with Crippen molar-refractivity contribution in [2.75, 3.05) is 20.3 Å². The number of halogens is 2. The summed E-state index contributed by atoms with van der Waals surface area (Å²) in [6.45, 7) is 1.71. The SMILES string of the molecule is COc1cc(-c2cccs2)cc2c1OCCN(Cc1c(F)cccc1F)C2. The van der Waals surface area contributed by atoms with Crippen molar-refractivity contribution in [3.05, 3.63) is 70.6 Å². The van der Waals surface area contributed by atoms with Gasteiger partial charge >= 0.3 is 0 Å².